The number of rotatable bonds is 10. The van der Waals surface area contributed by atoms with E-state index in [1.54, 1.807) is 56.3 Å². The second-order valence-corrected chi connectivity index (χ2v) is 9.17. The summed E-state index contributed by atoms with van der Waals surface area (Å²) in [6.45, 7) is 3.91. The third kappa shape index (κ3) is 8.13. The molecule has 0 heterocycles. The van der Waals surface area contributed by atoms with Gasteiger partial charge in [0.1, 0.15) is 5.75 Å². The number of amides is 2. The van der Waals surface area contributed by atoms with E-state index < -0.39 is 29.8 Å². The van der Waals surface area contributed by atoms with Gasteiger partial charge >= 0.3 is 18.2 Å². The summed E-state index contributed by atoms with van der Waals surface area (Å²) in [5, 5.41) is 6.09. The molecule has 0 aliphatic rings. The van der Waals surface area contributed by atoms with Crippen LogP contribution >= 0.6 is 11.6 Å². The maximum Gasteiger partial charge on any atom is 0.416 e. The molecule has 2 amide bonds. The lowest BCUT2D eigenvalue weighted by atomic mass is 9.90. The predicted octanol–water partition coefficient (Wildman–Crippen LogP) is 7.09. The van der Waals surface area contributed by atoms with Crippen LogP contribution in [0.1, 0.15) is 48.6 Å². The van der Waals surface area contributed by atoms with Gasteiger partial charge < -0.3 is 20.1 Å². The van der Waals surface area contributed by atoms with E-state index >= 15 is 0 Å². The predicted molar refractivity (Wildman–Crippen MR) is 144 cm³/mol. The molecule has 0 bridgehead atoms. The second-order valence-electron chi connectivity index (χ2n) is 8.73. The zero-order valence-electron chi connectivity index (χ0n) is 21.8. The van der Waals surface area contributed by atoms with Gasteiger partial charge in [0.15, 0.2) is 0 Å². The highest BCUT2D eigenvalue weighted by molar-refractivity contribution is 6.30. The number of halogens is 4. The summed E-state index contributed by atoms with van der Waals surface area (Å²) in [4.78, 5) is 24.8. The summed E-state index contributed by atoms with van der Waals surface area (Å²) >= 11 is 5.90. The molecule has 0 aliphatic heterocycles. The second kappa shape index (κ2) is 13.4. The highest BCUT2D eigenvalue weighted by Crippen LogP contribution is 2.40. The Labute approximate surface area is 230 Å². The van der Waals surface area contributed by atoms with E-state index in [9.17, 15) is 22.8 Å². The fourth-order valence-electron chi connectivity index (χ4n) is 4.12. The quantitative estimate of drug-likeness (QED) is 0.259. The first-order valence-corrected chi connectivity index (χ1v) is 12.8. The van der Waals surface area contributed by atoms with E-state index in [2.05, 4.69) is 10.6 Å². The molecule has 10 heteroatoms. The minimum Gasteiger partial charge on any atom is -0.496 e. The summed E-state index contributed by atoms with van der Waals surface area (Å²) in [6, 6.07) is 14.1. The lowest BCUT2D eigenvalue weighted by Crippen LogP contribution is -2.37. The van der Waals surface area contributed by atoms with Gasteiger partial charge in [-0.15, -0.1) is 0 Å². The highest BCUT2D eigenvalue weighted by atomic mass is 35.5. The van der Waals surface area contributed by atoms with E-state index in [4.69, 9.17) is 21.1 Å². The number of alkyl halides is 3. The molecule has 0 radical (unpaired) electrons. The van der Waals surface area contributed by atoms with Crippen molar-refractivity contribution in [1.82, 2.24) is 10.6 Å². The van der Waals surface area contributed by atoms with Crippen molar-refractivity contribution in [3.63, 3.8) is 0 Å². The van der Waals surface area contributed by atoms with Crippen molar-refractivity contribution in [2.45, 2.75) is 45.5 Å². The van der Waals surface area contributed by atoms with Gasteiger partial charge in [-0.25, -0.2) is 4.79 Å². The number of hydrogen-bond donors (Lipinski definition) is 2. The first kappa shape index (κ1) is 29.8. The zero-order valence-corrected chi connectivity index (χ0v) is 22.6. The van der Waals surface area contributed by atoms with Crippen LogP contribution in [0.25, 0.3) is 11.1 Å². The van der Waals surface area contributed by atoms with E-state index in [1.807, 2.05) is 0 Å². The molecular formula is C29H30ClF3N2O4. The van der Waals surface area contributed by atoms with Crippen molar-refractivity contribution in [3.8, 4) is 16.9 Å². The number of nitrogens with one attached hydrogen (secondary N) is 2. The third-order valence-corrected chi connectivity index (χ3v) is 6.29. The molecule has 208 valence electrons. The van der Waals surface area contributed by atoms with Crippen LogP contribution in [0, 0.1) is 0 Å². The maximum atomic E-state index is 13.7. The van der Waals surface area contributed by atoms with Crippen LogP contribution in [0.3, 0.4) is 0 Å². The van der Waals surface area contributed by atoms with Crippen LogP contribution in [-0.2, 0) is 28.7 Å². The molecule has 6 nitrogen and oxygen atoms in total. The van der Waals surface area contributed by atoms with Gasteiger partial charge in [-0.2, -0.15) is 13.2 Å². The Bertz CT molecular complexity index is 1300. The SMILES string of the molecule is CCOC(=O)Cc1ccc(OC)c(-c2ccc(C(F)(F)F)cc2C(CC)NC(=O)NCc2ccc(Cl)cc2)c1. The summed E-state index contributed by atoms with van der Waals surface area (Å²) in [7, 11) is 1.45. The molecule has 2 N–H and O–H groups in total. The molecule has 0 saturated heterocycles. The minimum atomic E-state index is -4.59. The molecule has 3 aromatic carbocycles. The van der Waals surface area contributed by atoms with Crippen LogP contribution in [0.5, 0.6) is 5.75 Å². The van der Waals surface area contributed by atoms with Gasteiger partial charge in [-0.3, -0.25) is 4.79 Å². The molecular weight excluding hydrogens is 533 g/mol. The molecule has 39 heavy (non-hydrogen) atoms. The van der Waals surface area contributed by atoms with E-state index in [1.165, 1.54) is 13.2 Å². The third-order valence-electron chi connectivity index (χ3n) is 6.04. The molecule has 0 aliphatic carbocycles. The standard InChI is InChI=1S/C29H30ClF3N2O4/c1-4-25(35-28(37)34-17-18-6-10-21(30)11-7-18)23-16-20(29(31,32)33)9-12-22(23)24-14-19(8-13-26(24)38-3)15-27(36)39-5-2/h6-14,16,25H,4-5,15,17H2,1-3H3,(H2,34,35,37). The number of urea groups is 1. The first-order chi connectivity index (χ1) is 18.5. The Morgan fingerprint density at radius 3 is 2.26 bits per heavy atom. The largest absolute Gasteiger partial charge is 0.496 e. The monoisotopic (exact) mass is 562 g/mol. The topological polar surface area (TPSA) is 76.7 Å². The Hall–Kier alpha value is -3.72. The average molecular weight is 563 g/mol. The summed E-state index contributed by atoms with van der Waals surface area (Å²) in [6.07, 6.45) is -4.28. The van der Waals surface area contributed by atoms with E-state index in [0.717, 1.165) is 17.7 Å². The Morgan fingerprint density at radius 2 is 1.64 bits per heavy atom. The molecule has 1 unspecified atom stereocenters. The Balaban J connectivity index is 1.98. The van der Waals surface area contributed by atoms with Gasteiger partial charge in [0.05, 0.1) is 31.7 Å². The van der Waals surface area contributed by atoms with Crippen molar-refractivity contribution < 1.29 is 32.2 Å². The number of methoxy groups -OCH3 is 1. The van der Waals surface area contributed by atoms with Gasteiger partial charge in [0.2, 0.25) is 0 Å². The Morgan fingerprint density at radius 1 is 0.949 bits per heavy atom. The van der Waals surface area contributed by atoms with Gasteiger partial charge in [-0.1, -0.05) is 42.8 Å². The smallest absolute Gasteiger partial charge is 0.416 e. The molecule has 1 atom stereocenters. The molecule has 0 spiro atoms. The zero-order chi connectivity index (χ0) is 28.6. The minimum absolute atomic E-state index is 0.0106. The molecule has 0 saturated carbocycles. The normalized spacial score (nSPS) is 12.0. The van der Waals surface area contributed by atoms with Gasteiger partial charge in [0, 0.05) is 17.1 Å². The van der Waals surface area contributed by atoms with Crippen LogP contribution in [0.4, 0.5) is 18.0 Å². The number of ether oxygens (including phenoxy) is 2. The first-order valence-electron chi connectivity index (χ1n) is 12.4. The lowest BCUT2D eigenvalue weighted by Gasteiger charge is -2.24. The van der Waals surface area contributed by atoms with Crippen LogP contribution in [0.15, 0.2) is 60.7 Å². The number of carbonyl (C=O) groups excluding carboxylic acids is 2. The van der Waals surface area contributed by atoms with Crippen molar-refractivity contribution in [2.75, 3.05) is 13.7 Å². The molecule has 0 aromatic heterocycles. The lowest BCUT2D eigenvalue weighted by molar-refractivity contribution is -0.142. The molecule has 3 aromatic rings. The van der Waals surface area contributed by atoms with Crippen molar-refractivity contribution in [1.29, 1.82) is 0 Å². The summed E-state index contributed by atoms with van der Waals surface area (Å²) in [5.74, 6) is -0.0163. The van der Waals surface area contributed by atoms with Gasteiger partial charge in [-0.05, 0) is 72.0 Å². The van der Waals surface area contributed by atoms with Crippen molar-refractivity contribution in [3.05, 3.63) is 87.9 Å². The fourth-order valence-corrected chi connectivity index (χ4v) is 4.25. The maximum absolute atomic E-state index is 13.7. The summed E-state index contributed by atoms with van der Waals surface area (Å²) in [5.41, 5.74) is 1.77. The highest BCUT2D eigenvalue weighted by Gasteiger charge is 2.32. The van der Waals surface area contributed by atoms with E-state index in [-0.39, 0.29) is 25.1 Å². The van der Waals surface area contributed by atoms with Crippen LogP contribution in [0.2, 0.25) is 5.02 Å². The van der Waals surface area contributed by atoms with Crippen LogP contribution < -0.4 is 15.4 Å². The fraction of sp³-hybridized carbons (Fsp3) is 0.310. The molecule has 3 rings (SSSR count). The van der Waals surface area contributed by atoms with Crippen molar-refractivity contribution >= 4 is 23.6 Å². The number of esters is 1. The number of carbonyl (C=O) groups is 2. The molecule has 0 fully saturated rings. The number of benzene rings is 3. The average Bonchev–Trinajstić information content (AvgIpc) is 2.90. The summed E-state index contributed by atoms with van der Waals surface area (Å²) < 4.78 is 51.7. The van der Waals surface area contributed by atoms with E-state index in [0.29, 0.717) is 33.9 Å². The number of hydrogen-bond acceptors (Lipinski definition) is 4. The van der Waals surface area contributed by atoms with Crippen molar-refractivity contribution in [2.24, 2.45) is 0 Å². The van der Waals surface area contributed by atoms with Gasteiger partial charge in [0.25, 0.3) is 0 Å². The van der Waals surface area contributed by atoms with Crippen LogP contribution in [-0.4, -0.2) is 25.7 Å². The Kier molecular flexibility index (Phi) is 10.2.